The first-order valence-electron chi connectivity index (χ1n) is 7.11. The van der Waals surface area contributed by atoms with Gasteiger partial charge in [0.15, 0.2) is 0 Å². The summed E-state index contributed by atoms with van der Waals surface area (Å²) < 4.78 is 5.82. The molecule has 0 aromatic heterocycles. The molecule has 0 spiro atoms. The van der Waals surface area contributed by atoms with Gasteiger partial charge in [-0.1, -0.05) is 19.1 Å². The van der Waals surface area contributed by atoms with Crippen LogP contribution >= 0.6 is 0 Å². The summed E-state index contributed by atoms with van der Waals surface area (Å²) in [5.41, 5.74) is 0. The molecule has 0 amide bonds. The second-order valence-corrected chi connectivity index (χ2v) is 5.64. The Balaban J connectivity index is 1.41. The molecule has 2 aliphatic carbocycles. The lowest BCUT2D eigenvalue weighted by Crippen LogP contribution is -2.53. The average molecular weight is 236 g/mol. The first-order valence-corrected chi connectivity index (χ1v) is 7.11. The Morgan fingerprint density at radius 2 is 2.41 bits per heavy atom. The van der Waals surface area contributed by atoms with Crippen molar-refractivity contribution in [2.75, 3.05) is 32.8 Å². The lowest BCUT2D eigenvalue weighted by molar-refractivity contribution is -0.0296. The molecule has 1 heterocycles. The van der Waals surface area contributed by atoms with Crippen molar-refractivity contribution >= 4 is 0 Å². The van der Waals surface area contributed by atoms with Gasteiger partial charge in [-0.3, -0.25) is 4.90 Å². The van der Waals surface area contributed by atoms with Gasteiger partial charge in [-0.15, -0.1) is 0 Å². The number of rotatable bonds is 4. The highest BCUT2D eigenvalue weighted by Gasteiger charge is 2.40. The largest absolute Gasteiger partial charge is 0.374 e. The fourth-order valence-electron chi connectivity index (χ4n) is 3.42. The third-order valence-corrected chi connectivity index (χ3v) is 4.64. The molecule has 2 fully saturated rings. The normalized spacial score (nSPS) is 41.2. The van der Waals surface area contributed by atoms with E-state index in [1.165, 1.54) is 12.8 Å². The van der Waals surface area contributed by atoms with Gasteiger partial charge in [0.25, 0.3) is 0 Å². The van der Waals surface area contributed by atoms with E-state index in [1.54, 1.807) is 0 Å². The van der Waals surface area contributed by atoms with Gasteiger partial charge in [0, 0.05) is 25.7 Å². The van der Waals surface area contributed by atoms with Gasteiger partial charge in [-0.25, -0.2) is 0 Å². The minimum absolute atomic E-state index is 0.396. The number of ether oxygens (including phenoxy) is 1. The van der Waals surface area contributed by atoms with Gasteiger partial charge in [-0.2, -0.15) is 0 Å². The molecule has 0 aromatic rings. The lowest BCUT2D eigenvalue weighted by Gasteiger charge is -2.42. The van der Waals surface area contributed by atoms with Crippen molar-refractivity contribution in [2.45, 2.75) is 31.9 Å². The van der Waals surface area contributed by atoms with E-state index in [4.69, 9.17) is 4.74 Å². The quantitative estimate of drug-likeness (QED) is 0.744. The molecular formula is C14H24N2O. The molecule has 3 nitrogen and oxygen atoms in total. The van der Waals surface area contributed by atoms with E-state index >= 15 is 0 Å². The topological polar surface area (TPSA) is 24.5 Å². The number of hydrogen-bond acceptors (Lipinski definition) is 3. The van der Waals surface area contributed by atoms with Crippen LogP contribution in [0.5, 0.6) is 0 Å². The third kappa shape index (κ3) is 2.42. The van der Waals surface area contributed by atoms with Crippen LogP contribution in [0.4, 0.5) is 0 Å². The number of hydrogen-bond donors (Lipinski definition) is 1. The number of likely N-dealkylation sites (N-methyl/N-ethyl adjacent to an activating group) is 1. The zero-order chi connectivity index (χ0) is 11.7. The van der Waals surface area contributed by atoms with Crippen LogP contribution in [0.15, 0.2) is 12.2 Å². The van der Waals surface area contributed by atoms with Gasteiger partial charge < -0.3 is 10.1 Å². The zero-order valence-corrected chi connectivity index (χ0v) is 10.8. The first kappa shape index (κ1) is 11.7. The molecule has 0 bridgehead atoms. The minimum atomic E-state index is 0.396. The summed E-state index contributed by atoms with van der Waals surface area (Å²) in [6.45, 7) is 7.51. The Kier molecular flexibility index (Phi) is 3.50. The van der Waals surface area contributed by atoms with Gasteiger partial charge in [0.1, 0.15) is 0 Å². The molecule has 0 aromatic carbocycles. The van der Waals surface area contributed by atoms with Crippen LogP contribution in [0, 0.1) is 11.8 Å². The van der Waals surface area contributed by atoms with Gasteiger partial charge in [0.2, 0.25) is 0 Å². The van der Waals surface area contributed by atoms with Crippen LogP contribution in [0.25, 0.3) is 0 Å². The summed E-state index contributed by atoms with van der Waals surface area (Å²) >= 11 is 0. The summed E-state index contributed by atoms with van der Waals surface area (Å²) in [6, 6.07) is 0.722. The van der Waals surface area contributed by atoms with Gasteiger partial charge in [-0.05, 0) is 31.2 Å². The van der Waals surface area contributed by atoms with Crippen LogP contribution in [0.1, 0.15) is 19.8 Å². The highest BCUT2D eigenvalue weighted by molar-refractivity contribution is 5.12. The van der Waals surface area contributed by atoms with Crippen molar-refractivity contribution in [1.82, 2.24) is 10.2 Å². The molecule has 0 radical (unpaired) electrons. The Bertz CT molecular complexity index is 292. The fraction of sp³-hybridized carbons (Fsp3) is 0.857. The Morgan fingerprint density at radius 1 is 1.47 bits per heavy atom. The van der Waals surface area contributed by atoms with Crippen LogP contribution < -0.4 is 5.32 Å². The van der Waals surface area contributed by atoms with E-state index < -0.39 is 0 Å². The van der Waals surface area contributed by atoms with E-state index in [9.17, 15) is 0 Å². The van der Waals surface area contributed by atoms with Crippen molar-refractivity contribution in [1.29, 1.82) is 0 Å². The molecule has 3 aliphatic rings. The molecule has 1 N–H and O–H groups in total. The molecule has 1 aliphatic heterocycles. The number of nitrogens with zero attached hydrogens (tertiary/aromatic N) is 1. The number of allylic oxidation sites excluding steroid dienone is 1. The summed E-state index contributed by atoms with van der Waals surface area (Å²) in [5.74, 6) is 1.77. The second kappa shape index (κ2) is 5.09. The van der Waals surface area contributed by atoms with Crippen LogP contribution in [-0.2, 0) is 4.74 Å². The van der Waals surface area contributed by atoms with Crippen molar-refractivity contribution in [3.05, 3.63) is 12.2 Å². The van der Waals surface area contributed by atoms with E-state index in [1.807, 2.05) is 0 Å². The summed E-state index contributed by atoms with van der Waals surface area (Å²) in [4.78, 5) is 2.48. The maximum atomic E-state index is 5.82. The highest BCUT2D eigenvalue weighted by atomic mass is 16.5. The van der Waals surface area contributed by atoms with E-state index in [0.29, 0.717) is 6.10 Å². The maximum Gasteiger partial charge on any atom is 0.0826 e. The van der Waals surface area contributed by atoms with Crippen molar-refractivity contribution in [2.24, 2.45) is 11.8 Å². The van der Waals surface area contributed by atoms with Gasteiger partial charge in [0.05, 0.1) is 12.7 Å². The van der Waals surface area contributed by atoms with E-state index in [-0.39, 0.29) is 0 Å². The smallest absolute Gasteiger partial charge is 0.0826 e. The Hall–Kier alpha value is -0.380. The predicted octanol–water partition coefficient (Wildman–Crippen LogP) is 1.26. The SMILES string of the molecule is CCN1CCOC(CNC2CC3CC=CC32)C1. The molecule has 3 rings (SSSR count). The zero-order valence-electron chi connectivity index (χ0n) is 10.8. The molecule has 96 valence electrons. The van der Waals surface area contributed by atoms with E-state index in [0.717, 1.165) is 50.7 Å². The summed E-state index contributed by atoms with van der Waals surface area (Å²) in [7, 11) is 0. The lowest BCUT2D eigenvalue weighted by atomic mass is 9.71. The first-order chi connectivity index (χ1) is 8.36. The summed E-state index contributed by atoms with van der Waals surface area (Å²) in [6.07, 6.45) is 7.83. The molecule has 1 saturated carbocycles. The number of nitrogens with one attached hydrogen (secondary N) is 1. The van der Waals surface area contributed by atoms with E-state index in [2.05, 4.69) is 29.3 Å². The number of fused-ring (bicyclic) bond motifs is 1. The molecule has 4 atom stereocenters. The summed E-state index contributed by atoms with van der Waals surface area (Å²) in [5, 5.41) is 3.70. The van der Waals surface area contributed by atoms with Crippen LogP contribution in [0.3, 0.4) is 0 Å². The minimum Gasteiger partial charge on any atom is -0.374 e. The molecule has 3 heteroatoms. The highest BCUT2D eigenvalue weighted by Crippen LogP contribution is 2.42. The molecule has 17 heavy (non-hydrogen) atoms. The molecule has 4 unspecified atom stereocenters. The Labute approximate surface area is 104 Å². The van der Waals surface area contributed by atoms with Crippen molar-refractivity contribution < 1.29 is 4.74 Å². The molecular weight excluding hydrogens is 212 g/mol. The van der Waals surface area contributed by atoms with Crippen LogP contribution in [0.2, 0.25) is 0 Å². The standard InChI is InChI=1S/C14H24N2O/c1-2-16-6-7-17-12(10-16)9-15-14-8-11-4-3-5-13(11)14/h3,5,11-15H,2,4,6-10H2,1H3. The fourth-order valence-corrected chi connectivity index (χ4v) is 3.42. The predicted molar refractivity (Wildman–Crippen MR) is 69.0 cm³/mol. The molecule has 1 saturated heterocycles. The van der Waals surface area contributed by atoms with Crippen molar-refractivity contribution in [3.8, 4) is 0 Å². The van der Waals surface area contributed by atoms with Crippen LogP contribution in [-0.4, -0.2) is 49.8 Å². The Morgan fingerprint density at radius 3 is 3.24 bits per heavy atom. The van der Waals surface area contributed by atoms with Crippen molar-refractivity contribution in [3.63, 3.8) is 0 Å². The number of morpholine rings is 1. The average Bonchev–Trinajstić information content (AvgIpc) is 2.72. The second-order valence-electron chi connectivity index (χ2n) is 5.64. The maximum absolute atomic E-state index is 5.82. The third-order valence-electron chi connectivity index (χ3n) is 4.64. The van der Waals surface area contributed by atoms with Gasteiger partial charge >= 0.3 is 0 Å². The monoisotopic (exact) mass is 236 g/mol.